The Bertz CT molecular complexity index is 2830. The van der Waals surface area contributed by atoms with E-state index in [1.807, 2.05) is 24.3 Å². The van der Waals surface area contributed by atoms with Crippen LogP contribution >= 0.6 is 48.5 Å². The Morgan fingerprint density at radius 3 is 1.62 bits per heavy atom. The van der Waals surface area contributed by atoms with Gasteiger partial charge in [-0.2, -0.15) is 25.3 Å². The molecule has 0 spiro atoms. The number of aromatic amines is 1. The quantitative estimate of drug-likeness (QED) is 0.0233. The number of fused-ring (bicyclic) bond motifs is 1. The lowest BCUT2D eigenvalue weighted by Crippen LogP contribution is -2.61. The summed E-state index contributed by atoms with van der Waals surface area (Å²) in [5, 5.41) is 20.7. The molecule has 0 saturated carbocycles. The van der Waals surface area contributed by atoms with Gasteiger partial charge in [-0.1, -0.05) is 85.6 Å². The Kier molecular flexibility index (Phi) is 24.7. The first-order chi connectivity index (χ1) is 37.3. The zero-order valence-corrected chi connectivity index (χ0v) is 46.5. The molecule has 0 aliphatic rings. The molecule has 0 unspecified atom stereocenters. The van der Waals surface area contributed by atoms with E-state index in [9.17, 15) is 38.4 Å². The summed E-state index contributed by atoms with van der Waals surface area (Å²) in [6.07, 6.45) is 5.68. The number of nitrogens with one attached hydrogen (secondary N) is 8. The highest BCUT2D eigenvalue weighted by Gasteiger charge is 2.35. The molecule has 78 heavy (non-hydrogen) atoms. The van der Waals surface area contributed by atoms with Gasteiger partial charge in [0, 0.05) is 70.3 Å². The number of halogens is 2. The van der Waals surface area contributed by atoms with Crippen molar-refractivity contribution in [2.24, 2.45) is 23.1 Å². The second-order valence-electron chi connectivity index (χ2n) is 19.0. The first-order valence-corrected chi connectivity index (χ1v) is 27.3. The van der Waals surface area contributed by atoms with Gasteiger partial charge in [-0.15, -0.1) is 0 Å². The lowest BCUT2D eigenvalue weighted by atomic mass is 10.00. The zero-order chi connectivity index (χ0) is 56.9. The lowest BCUT2D eigenvalue weighted by molar-refractivity contribution is -0.136. The Balaban J connectivity index is 1.36. The number of primary amides is 1. The van der Waals surface area contributed by atoms with Gasteiger partial charge in [-0.25, -0.2) is 0 Å². The van der Waals surface area contributed by atoms with E-state index in [0.29, 0.717) is 39.6 Å². The van der Waals surface area contributed by atoms with E-state index < -0.39 is 102 Å². The molecule has 3 aromatic carbocycles. The average Bonchev–Trinajstić information content (AvgIpc) is 3.84. The SMILES string of the molecule is CC(C)[C@H](NC(=O)[C@H](CCCCN)NC(=O)[C@@H](Cc1c[nH]c2ccccc12)NC(=O)[C@H](Cc1cccnc1)NC(=O)[C@@H](CS)NC(=O)[C@H](N)Cc1ccc(Cl)cc1)C(=O)N[C@@H](CS)C(=O)N[C@H](Cc1ccc(Cl)cc1)C(N)=O. The number of H-pyrrole nitrogens is 1. The van der Waals surface area contributed by atoms with Crippen molar-refractivity contribution in [3.63, 3.8) is 0 Å². The smallest absolute Gasteiger partial charge is 0.244 e. The summed E-state index contributed by atoms with van der Waals surface area (Å²) >= 11 is 20.6. The van der Waals surface area contributed by atoms with Crippen LogP contribution in [0.4, 0.5) is 0 Å². The standard InChI is InChI=1S/C54H68Cl2N12O8S2/c1-30(2)46(54(76)67-45(29-78)52(74)63-41(47(59)69)23-32-14-18-36(56)19-15-32)68-49(71)40(11-5-6-20-57)62-51(73)43(25-34-27-61-39-10-4-3-9-37(34)39)65-50(72)42(24-33-8-7-21-60-26-33)64-53(75)44(28-77)66-48(70)38(58)22-31-12-16-35(55)17-13-31/h3-4,7-10,12-19,21,26-27,30,38,40-46,61,77-78H,5-6,11,20,22-25,28-29,57-58H2,1-2H3,(H2,59,69)(H,62,73)(H,63,74)(H,64,75)(H,65,72)(H,66,70)(H,67,76)(H,68,71)/t38-,40+,41-,42+,43-,44-,45+,46+/m1/s1. The topological polar surface area (TPSA) is 328 Å². The van der Waals surface area contributed by atoms with Gasteiger partial charge in [0.25, 0.3) is 0 Å². The molecule has 14 N–H and O–H groups in total. The predicted molar refractivity (Wildman–Crippen MR) is 306 cm³/mol. The molecule has 0 radical (unpaired) electrons. The van der Waals surface area contributed by atoms with Crippen molar-refractivity contribution in [3.8, 4) is 0 Å². The number of amides is 8. The van der Waals surface area contributed by atoms with Gasteiger partial charge in [0.05, 0.1) is 6.04 Å². The minimum atomic E-state index is -1.37. The van der Waals surface area contributed by atoms with Gasteiger partial charge in [0.15, 0.2) is 0 Å². The molecule has 8 amide bonds. The van der Waals surface area contributed by atoms with Crippen LogP contribution in [0.25, 0.3) is 10.9 Å². The van der Waals surface area contributed by atoms with Crippen LogP contribution in [0.5, 0.6) is 0 Å². The number of nitrogens with two attached hydrogens (primary N) is 3. The molecule has 0 bridgehead atoms. The number of nitrogens with zero attached hydrogens (tertiary/aromatic N) is 1. The highest BCUT2D eigenvalue weighted by Crippen LogP contribution is 2.20. The number of para-hydroxylation sites is 1. The monoisotopic (exact) mass is 1150 g/mol. The Morgan fingerprint density at radius 2 is 1.06 bits per heavy atom. The fourth-order valence-electron chi connectivity index (χ4n) is 8.31. The third kappa shape index (κ3) is 19.0. The van der Waals surface area contributed by atoms with Crippen LogP contribution in [-0.4, -0.2) is 124 Å². The van der Waals surface area contributed by atoms with E-state index in [4.69, 9.17) is 40.4 Å². The zero-order valence-electron chi connectivity index (χ0n) is 43.2. The highest BCUT2D eigenvalue weighted by molar-refractivity contribution is 7.80. The van der Waals surface area contributed by atoms with Crippen LogP contribution in [0.3, 0.4) is 0 Å². The van der Waals surface area contributed by atoms with E-state index >= 15 is 0 Å². The number of aromatic nitrogens is 2. The average molecular weight is 1150 g/mol. The van der Waals surface area contributed by atoms with Gasteiger partial charge < -0.3 is 59.4 Å². The number of pyridine rings is 1. The predicted octanol–water partition coefficient (Wildman–Crippen LogP) is 1.99. The number of benzene rings is 3. The van der Waals surface area contributed by atoms with E-state index in [-0.39, 0.29) is 50.2 Å². The minimum absolute atomic E-state index is 0.0451. The van der Waals surface area contributed by atoms with Crippen molar-refractivity contribution in [2.45, 2.75) is 107 Å². The summed E-state index contributed by atoms with van der Waals surface area (Å²) in [5.41, 5.74) is 21.1. The molecule has 24 heteroatoms. The third-order valence-electron chi connectivity index (χ3n) is 12.7. The first kappa shape index (κ1) is 62.2. The summed E-state index contributed by atoms with van der Waals surface area (Å²) in [5.74, 6) is -6.93. The van der Waals surface area contributed by atoms with E-state index in [2.05, 4.69) is 72.4 Å². The molecule has 2 aromatic heterocycles. The van der Waals surface area contributed by atoms with Crippen molar-refractivity contribution >= 4 is 107 Å². The van der Waals surface area contributed by atoms with Crippen molar-refractivity contribution in [1.82, 2.24) is 47.2 Å². The van der Waals surface area contributed by atoms with Crippen molar-refractivity contribution in [1.29, 1.82) is 0 Å². The summed E-state index contributed by atoms with van der Waals surface area (Å²) in [6.45, 7) is 3.63. The number of thiol groups is 2. The molecule has 0 saturated heterocycles. The maximum absolute atomic E-state index is 14.8. The maximum atomic E-state index is 14.8. The van der Waals surface area contributed by atoms with Gasteiger partial charge in [0.1, 0.15) is 42.3 Å². The normalized spacial score (nSPS) is 14.3. The molecule has 0 aliphatic carbocycles. The Hall–Kier alpha value is -6.69. The lowest BCUT2D eigenvalue weighted by Gasteiger charge is -2.29. The number of hydrogen-bond acceptors (Lipinski definition) is 13. The molecule has 0 aliphatic heterocycles. The Labute approximate surface area is 473 Å². The third-order valence-corrected chi connectivity index (χ3v) is 13.9. The summed E-state index contributed by atoms with van der Waals surface area (Å²) < 4.78 is 0. The molecular weight excluding hydrogens is 1080 g/mol. The number of unbranched alkanes of at least 4 members (excludes halogenated alkanes) is 1. The van der Waals surface area contributed by atoms with Crippen LogP contribution in [0, 0.1) is 5.92 Å². The number of rotatable bonds is 30. The van der Waals surface area contributed by atoms with Crippen LogP contribution in [0.15, 0.2) is 104 Å². The Morgan fingerprint density at radius 1 is 0.564 bits per heavy atom. The number of hydrogen-bond donors (Lipinski definition) is 13. The van der Waals surface area contributed by atoms with Gasteiger partial charge >= 0.3 is 0 Å². The van der Waals surface area contributed by atoms with Crippen molar-refractivity contribution in [3.05, 3.63) is 136 Å². The van der Waals surface area contributed by atoms with Crippen LogP contribution in [0.1, 0.15) is 55.4 Å². The molecular formula is C54H68Cl2N12O8S2. The fraction of sp³-hybridized carbons (Fsp3) is 0.389. The van der Waals surface area contributed by atoms with Gasteiger partial charge in [-0.05, 0) is 96.8 Å². The fourth-order valence-corrected chi connectivity index (χ4v) is 9.07. The van der Waals surface area contributed by atoms with Crippen molar-refractivity contribution < 1.29 is 38.4 Å². The van der Waals surface area contributed by atoms with Gasteiger partial charge in [-0.3, -0.25) is 43.3 Å². The highest BCUT2D eigenvalue weighted by atomic mass is 35.5. The maximum Gasteiger partial charge on any atom is 0.244 e. The van der Waals surface area contributed by atoms with E-state index in [1.54, 1.807) is 86.9 Å². The molecule has 5 rings (SSSR count). The van der Waals surface area contributed by atoms with Crippen molar-refractivity contribution in [2.75, 3.05) is 18.1 Å². The van der Waals surface area contributed by atoms with E-state index in [1.165, 1.54) is 6.20 Å². The molecule has 2 heterocycles. The minimum Gasteiger partial charge on any atom is -0.368 e. The van der Waals surface area contributed by atoms with Crippen LogP contribution in [-0.2, 0) is 64.0 Å². The van der Waals surface area contributed by atoms with Crippen LogP contribution < -0.4 is 54.4 Å². The summed E-state index contributed by atoms with van der Waals surface area (Å²) in [4.78, 5) is 118. The second-order valence-corrected chi connectivity index (χ2v) is 20.6. The molecule has 0 fully saturated rings. The molecule has 418 valence electrons. The van der Waals surface area contributed by atoms with Gasteiger partial charge in [0.2, 0.25) is 47.3 Å². The second kappa shape index (κ2) is 31.0. The van der Waals surface area contributed by atoms with Crippen LogP contribution in [0.2, 0.25) is 10.0 Å². The molecule has 5 aromatic rings. The van der Waals surface area contributed by atoms with E-state index in [0.717, 1.165) is 16.5 Å². The molecule has 20 nitrogen and oxygen atoms in total. The number of carbonyl (C=O) groups is 8. The summed E-state index contributed by atoms with van der Waals surface area (Å²) in [7, 11) is 0. The first-order valence-electron chi connectivity index (χ1n) is 25.3. The summed E-state index contributed by atoms with van der Waals surface area (Å²) in [6, 6.07) is 14.2. The molecule has 8 atom stereocenters. The number of carbonyl (C=O) groups excluding carboxylic acids is 8. The largest absolute Gasteiger partial charge is 0.368 e.